The lowest BCUT2D eigenvalue weighted by Crippen LogP contribution is -2.31. The molecule has 2 aliphatic rings. The number of fused-ring (bicyclic) bond motifs is 2. The lowest BCUT2D eigenvalue weighted by molar-refractivity contribution is 0.00852. The van der Waals surface area contributed by atoms with Crippen LogP contribution >= 0.6 is 0 Å². The van der Waals surface area contributed by atoms with Gasteiger partial charge >= 0.3 is 0 Å². The van der Waals surface area contributed by atoms with Gasteiger partial charge in [0, 0.05) is 26.2 Å². The number of halogens is 1. The number of nitrogens with zero attached hydrogens (tertiary/aromatic N) is 2. The summed E-state index contributed by atoms with van der Waals surface area (Å²) >= 11 is 0. The van der Waals surface area contributed by atoms with Gasteiger partial charge in [0.1, 0.15) is 5.82 Å². The Balaban J connectivity index is 1.57. The van der Waals surface area contributed by atoms with E-state index in [2.05, 4.69) is 4.98 Å². The molecule has 1 N–H and O–H groups in total. The molecule has 1 amide bonds. The molecule has 1 aliphatic heterocycles. The van der Waals surface area contributed by atoms with E-state index in [1.807, 2.05) is 0 Å². The first-order valence-electron chi connectivity index (χ1n) is 9.99. The van der Waals surface area contributed by atoms with Crippen molar-refractivity contribution in [1.82, 2.24) is 9.88 Å². The van der Waals surface area contributed by atoms with Crippen molar-refractivity contribution in [2.45, 2.75) is 24.6 Å². The number of aromatic nitrogens is 1. The molecule has 1 aliphatic carbocycles. The van der Waals surface area contributed by atoms with E-state index in [0.29, 0.717) is 6.42 Å². The van der Waals surface area contributed by atoms with Gasteiger partial charge in [0.15, 0.2) is 43.2 Å². The van der Waals surface area contributed by atoms with Gasteiger partial charge in [0.25, 0.3) is 5.91 Å². The number of carbonyl (C=O) groups excluding carboxylic acids is 1. The van der Waals surface area contributed by atoms with E-state index < -0.39 is 12.1 Å². The first-order valence-corrected chi connectivity index (χ1v) is 9.99. The molecular formula is C22H21FN2O7. The van der Waals surface area contributed by atoms with Crippen LogP contribution in [0.25, 0.3) is 11.1 Å². The molecule has 2 aromatic carbocycles. The van der Waals surface area contributed by atoms with Gasteiger partial charge in [-0.05, 0) is 24.1 Å². The number of oxazole rings is 1. The third-order valence-electron chi connectivity index (χ3n) is 5.75. The Bertz CT molecular complexity index is 1160. The second-order valence-electron chi connectivity index (χ2n) is 7.63. The van der Waals surface area contributed by atoms with Crippen LogP contribution in [0.15, 0.2) is 35.1 Å². The molecule has 0 saturated heterocycles. The van der Waals surface area contributed by atoms with Crippen molar-refractivity contribution in [3.63, 3.8) is 0 Å². The molecule has 9 nitrogen and oxygen atoms in total. The van der Waals surface area contributed by atoms with Crippen LogP contribution in [0.5, 0.6) is 11.5 Å². The third kappa shape index (κ3) is 3.19. The number of benzene rings is 2. The minimum atomic E-state index is -1.29. The normalized spacial score (nSPS) is 21.8. The molecule has 1 fully saturated rings. The molecule has 32 heavy (non-hydrogen) atoms. The molecule has 0 bridgehead atoms. The van der Waals surface area contributed by atoms with Crippen LogP contribution in [-0.4, -0.2) is 54.7 Å². The van der Waals surface area contributed by atoms with Crippen molar-refractivity contribution in [1.29, 1.82) is 0 Å². The van der Waals surface area contributed by atoms with Gasteiger partial charge in [0.05, 0.1) is 11.1 Å². The van der Waals surface area contributed by atoms with Crippen molar-refractivity contribution in [2.24, 2.45) is 0 Å². The maximum absolute atomic E-state index is 13.5. The van der Waals surface area contributed by atoms with E-state index in [-0.39, 0.29) is 65.1 Å². The Morgan fingerprint density at radius 1 is 1.16 bits per heavy atom. The average molecular weight is 444 g/mol. The van der Waals surface area contributed by atoms with Gasteiger partial charge in [-0.25, -0.2) is 9.37 Å². The first-order chi connectivity index (χ1) is 15.6. The topological polar surface area (TPSA) is 103 Å². The fraction of sp³-hybridized carbons (Fsp3) is 0.364. The maximum atomic E-state index is 13.5. The molecule has 5 rings (SSSR count). The van der Waals surface area contributed by atoms with E-state index in [0.717, 1.165) is 5.56 Å². The second kappa shape index (κ2) is 8.05. The average Bonchev–Trinajstić information content (AvgIpc) is 3.31. The Hall–Kier alpha value is -3.21. The highest BCUT2D eigenvalue weighted by Gasteiger charge is 2.53. The molecule has 1 saturated carbocycles. The Kier molecular flexibility index (Phi) is 5.20. The Morgan fingerprint density at radius 3 is 2.53 bits per heavy atom. The number of hydrogen-bond acceptors (Lipinski definition) is 8. The predicted molar refractivity (Wildman–Crippen MR) is 108 cm³/mol. The maximum Gasteiger partial charge on any atom is 0.260 e. The molecule has 3 aromatic rings. The monoisotopic (exact) mass is 444 g/mol. The lowest BCUT2D eigenvalue weighted by Gasteiger charge is -2.22. The predicted octanol–water partition coefficient (Wildman–Crippen LogP) is 2.94. The smallest absolute Gasteiger partial charge is 0.260 e. The van der Waals surface area contributed by atoms with Crippen molar-refractivity contribution >= 4 is 17.0 Å². The number of amides is 1. The van der Waals surface area contributed by atoms with Crippen LogP contribution in [0.1, 0.15) is 40.1 Å². The molecule has 3 atom stereocenters. The zero-order chi connectivity index (χ0) is 22.4. The van der Waals surface area contributed by atoms with Gasteiger partial charge in [-0.3, -0.25) is 4.79 Å². The second-order valence-corrected chi connectivity index (χ2v) is 7.63. The third-order valence-corrected chi connectivity index (χ3v) is 5.75. The van der Waals surface area contributed by atoms with Crippen LogP contribution in [0.3, 0.4) is 0 Å². The molecule has 3 unspecified atom stereocenters. The van der Waals surface area contributed by atoms with Crippen LogP contribution in [0.2, 0.25) is 0 Å². The van der Waals surface area contributed by atoms with Crippen molar-refractivity contribution in [3.8, 4) is 11.5 Å². The van der Waals surface area contributed by atoms with Gasteiger partial charge in [-0.15, -0.1) is 0 Å². The van der Waals surface area contributed by atoms with Gasteiger partial charge in [0.2, 0.25) is 5.58 Å². The summed E-state index contributed by atoms with van der Waals surface area (Å²) in [7, 11) is 2.91. The number of hydrogen-bond donors (Lipinski definition) is 1. The van der Waals surface area contributed by atoms with Crippen molar-refractivity contribution < 1.29 is 37.7 Å². The first kappa shape index (κ1) is 20.7. The number of ether oxygens (including phenoxy) is 4. The Labute approximate surface area is 182 Å². The van der Waals surface area contributed by atoms with Crippen LogP contribution < -0.4 is 9.47 Å². The highest BCUT2D eigenvalue weighted by Crippen LogP contribution is 2.54. The largest absolute Gasteiger partial charge is 0.464 e. The minimum absolute atomic E-state index is 0.0173. The highest BCUT2D eigenvalue weighted by molar-refractivity contribution is 6.08. The van der Waals surface area contributed by atoms with Crippen molar-refractivity contribution in [3.05, 3.63) is 53.2 Å². The van der Waals surface area contributed by atoms with Gasteiger partial charge in [-0.1, -0.05) is 12.1 Å². The standard InChI is InChI=1S/C22H21FN2O7/c1-28-9-31-18-15-16(19(32-10-29-2)20-17(18)24-8-30-20)22(27)25(21(15)26)14-7-13(14)11-3-5-12(23)6-4-11/h3-6,8,13-14,22,27H,7,9-10H2,1-2H3. The fourth-order valence-electron chi connectivity index (χ4n) is 4.29. The van der Waals surface area contributed by atoms with Crippen LogP contribution in [0, 0.1) is 5.82 Å². The number of aliphatic hydroxyl groups excluding tert-OH is 1. The molecule has 2 heterocycles. The molecule has 0 spiro atoms. The van der Waals surface area contributed by atoms with Gasteiger partial charge in [-0.2, -0.15) is 0 Å². The highest BCUT2D eigenvalue weighted by atomic mass is 19.1. The van der Waals surface area contributed by atoms with Crippen molar-refractivity contribution in [2.75, 3.05) is 27.8 Å². The quantitative estimate of drug-likeness (QED) is 0.529. The summed E-state index contributed by atoms with van der Waals surface area (Å²) in [6.07, 6.45) is 0.553. The Morgan fingerprint density at radius 2 is 1.84 bits per heavy atom. The number of carbonyl (C=O) groups is 1. The summed E-state index contributed by atoms with van der Waals surface area (Å²) in [5.41, 5.74) is 1.78. The van der Waals surface area contributed by atoms with E-state index in [1.165, 1.54) is 37.6 Å². The summed E-state index contributed by atoms with van der Waals surface area (Å²) in [6, 6.07) is 5.89. The summed E-state index contributed by atoms with van der Waals surface area (Å²) in [4.78, 5) is 19.1. The number of aliphatic hydroxyl groups is 1. The zero-order valence-corrected chi connectivity index (χ0v) is 17.4. The van der Waals surface area contributed by atoms with E-state index >= 15 is 0 Å². The van der Waals surface area contributed by atoms with Crippen LogP contribution in [0.4, 0.5) is 4.39 Å². The fourth-order valence-corrected chi connectivity index (χ4v) is 4.29. The van der Waals surface area contributed by atoms with Crippen LogP contribution in [-0.2, 0) is 9.47 Å². The van der Waals surface area contributed by atoms with E-state index in [4.69, 9.17) is 23.4 Å². The van der Waals surface area contributed by atoms with E-state index in [9.17, 15) is 14.3 Å². The molecule has 168 valence electrons. The zero-order valence-electron chi connectivity index (χ0n) is 17.4. The minimum Gasteiger partial charge on any atom is -0.464 e. The summed E-state index contributed by atoms with van der Waals surface area (Å²) < 4.78 is 40.2. The summed E-state index contributed by atoms with van der Waals surface area (Å²) in [6.45, 7) is -0.249. The number of rotatable bonds is 8. The number of methoxy groups -OCH3 is 2. The molecule has 10 heteroatoms. The lowest BCUT2D eigenvalue weighted by atomic mass is 10.1. The summed E-state index contributed by atoms with van der Waals surface area (Å²) in [5.74, 6) is -0.440. The summed E-state index contributed by atoms with van der Waals surface area (Å²) in [5, 5.41) is 11.2. The molecule has 0 radical (unpaired) electrons. The van der Waals surface area contributed by atoms with Gasteiger partial charge < -0.3 is 33.4 Å². The molecular weight excluding hydrogens is 423 g/mol. The SMILES string of the molecule is COCOc1c2c(c(OCOC)c3ocnc13)C(O)N(C1CC1c1ccc(F)cc1)C2=O. The van der Waals surface area contributed by atoms with E-state index in [1.54, 1.807) is 12.1 Å². The molecule has 1 aromatic heterocycles.